The average molecular weight is 387 g/mol. The van der Waals surface area contributed by atoms with Crippen LogP contribution >= 0.6 is 0 Å². The molecule has 0 aromatic heterocycles. The van der Waals surface area contributed by atoms with E-state index in [0.29, 0.717) is 52.5 Å². The maximum Gasteiger partial charge on any atom is 0.243 e. The Morgan fingerprint density at radius 1 is 1.04 bits per heavy atom. The molecule has 0 spiro atoms. The summed E-state index contributed by atoms with van der Waals surface area (Å²) in [4.78, 5) is 4.24. The number of β-amino-alcohol motifs (C(OH)–C–C–N with tert-alkyl or cyclic N) is 1. The van der Waals surface area contributed by atoms with Crippen LogP contribution in [0.5, 0.6) is 0 Å². The number of halogens is 1. The van der Waals surface area contributed by atoms with Gasteiger partial charge in [-0.05, 0) is 18.2 Å². The van der Waals surface area contributed by atoms with Gasteiger partial charge in [0.05, 0.1) is 24.2 Å². The van der Waals surface area contributed by atoms with Crippen LogP contribution in [-0.2, 0) is 14.8 Å². The summed E-state index contributed by atoms with van der Waals surface area (Å²) in [5.41, 5.74) is 0. The van der Waals surface area contributed by atoms with Gasteiger partial charge in [0, 0.05) is 52.4 Å². The molecule has 0 bridgehead atoms. The molecular weight excluding hydrogens is 361 g/mol. The van der Waals surface area contributed by atoms with Crippen molar-refractivity contribution >= 4 is 10.0 Å². The Morgan fingerprint density at radius 2 is 1.65 bits per heavy atom. The van der Waals surface area contributed by atoms with Crippen LogP contribution in [0.15, 0.2) is 29.2 Å². The third-order valence-corrected chi connectivity index (χ3v) is 6.70. The smallest absolute Gasteiger partial charge is 0.243 e. The first kappa shape index (κ1) is 19.7. The number of aliphatic hydroxyl groups is 1. The van der Waals surface area contributed by atoms with Crippen molar-refractivity contribution < 1.29 is 22.7 Å². The number of hydrogen-bond acceptors (Lipinski definition) is 6. The summed E-state index contributed by atoms with van der Waals surface area (Å²) in [6, 6.07) is 5.10. The Kier molecular flexibility index (Phi) is 6.60. The molecule has 2 heterocycles. The molecule has 1 aromatic carbocycles. The SMILES string of the molecule is O=S(=O)(c1cccc(F)c1)N1CCN(C[C@@H](O)CN2CCOCC2)CC1. The minimum atomic E-state index is -3.68. The monoisotopic (exact) mass is 387 g/mol. The number of nitrogens with zero attached hydrogens (tertiary/aromatic N) is 3. The molecule has 26 heavy (non-hydrogen) atoms. The van der Waals surface area contributed by atoms with Crippen molar-refractivity contribution in [3.8, 4) is 0 Å². The van der Waals surface area contributed by atoms with Crippen molar-refractivity contribution in [3.63, 3.8) is 0 Å². The first-order valence-corrected chi connectivity index (χ1v) is 10.4. The predicted molar refractivity (Wildman–Crippen MR) is 94.9 cm³/mol. The second-order valence-electron chi connectivity index (χ2n) is 6.73. The van der Waals surface area contributed by atoms with Crippen LogP contribution < -0.4 is 0 Å². The lowest BCUT2D eigenvalue weighted by atomic mass is 10.2. The Bertz CT molecular complexity index is 689. The first-order chi connectivity index (χ1) is 12.4. The first-order valence-electron chi connectivity index (χ1n) is 8.91. The molecule has 2 fully saturated rings. The molecule has 1 atom stereocenters. The standard InChI is InChI=1S/C17H26FN3O4S/c18-15-2-1-3-17(12-15)26(23,24)21-6-4-19(5-7-21)13-16(22)14-20-8-10-25-11-9-20/h1-3,12,16,22H,4-11,13-14H2/t16-/m1/s1. The normalized spacial score (nSPS) is 22.4. The fourth-order valence-corrected chi connectivity index (χ4v) is 4.82. The number of piperazine rings is 1. The Balaban J connectivity index is 1.49. The molecule has 0 radical (unpaired) electrons. The van der Waals surface area contributed by atoms with Crippen LogP contribution in [0, 0.1) is 5.82 Å². The minimum absolute atomic E-state index is 0.0155. The van der Waals surface area contributed by atoms with Crippen molar-refractivity contribution in [2.24, 2.45) is 0 Å². The maximum atomic E-state index is 13.3. The predicted octanol–water partition coefficient (Wildman–Crippen LogP) is -0.175. The molecule has 0 unspecified atom stereocenters. The lowest BCUT2D eigenvalue weighted by Crippen LogP contribution is -2.52. The van der Waals surface area contributed by atoms with E-state index >= 15 is 0 Å². The number of ether oxygens (including phenoxy) is 1. The van der Waals surface area contributed by atoms with E-state index in [-0.39, 0.29) is 4.90 Å². The second kappa shape index (κ2) is 8.73. The van der Waals surface area contributed by atoms with E-state index in [1.165, 1.54) is 22.5 Å². The highest BCUT2D eigenvalue weighted by atomic mass is 32.2. The summed E-state index contributed by atoms with van der Waals surface area (Å²) < 4.78 is 45.2. The zero-order valence-electron chi connectivity index (χ0n) is 14.8. The number of aliphatic hydroxyl groups excluding tert-OH is 1. The van der Waals surface area contributed by atoms with Gasteiger partial charge < -0.3 is 9.84 Å². The highest BCUT2D eigenvalue weighted by Gasteiger charge is 2.29. The van der Waals surface area contributed by atoms with E-state index in [2.05, 4.69) is 9.80 Å². The summed E-state index contributed by atoms with van der Waals surface area (Å²) in [5, 5.41) is 10.3. The molecule has 2 aliphatic rings. The zero-order chi connectivity index (χ0) is 18.6. The molecule has 3 rings (SSSR count). The third-order valence-electron chi connectivity index (χ3n) is 4.81. The van der Waals surface area contributed by atoms with Gasteiger partial charge in [-0.3, -0.25) is 9.80 Å². The van der Waals surface area contributed by atoms with Gasteiger partial charge in [-0.2, -0.15) is 4.31 Å². The van der Waals surface area contributed by atoms with Gasteiger partial charge in [0.1, 0.15) is 5.82 Å². The van der Waals surface area contributed by atoms with Crippen molar-refractivity contribution in [1.29, 1.82) is 0 Å². The molecule has 146 valence electrons. The highest BCUT2D eigenvalue weighted by Crippen LogP contribution is 2.18. The zero-order valence-corrected chi connectivity index (χ0v) is 15.6. The molecule has 9 heteroatoms. The topological polar surface area (TPSA) is 73.3 Å². The number of morpholine rings is 1. The van der Waals surface area contributed by atoms with Crippen molar-refractivity contribution in [2.75, 3.05) is 65.6 Å². The van der Waals surface area contributed by atoms with Crippen molar-refractivity contribution in [1.82, 2.24) is 14.1 Å². The maximum absolute atomic E-state index is 13.3. The molecule has 1 N–H and O–H groups in total. The fraction of sp³-hybridized carbons (Fsp3) is 0.647. The van der Waals surface area contributed by atoms with E-state index in [9.17, 15) is 17.9 Å². The molecule has 7 nitrogen and oxygen atoms in total. The molecule has 0 amide bonds. The van der Waals surface area contributed by atoms with E-state index in [1.807, 2.05) is 0 Å². The Morgan fingerprint density at radius 3 is 2.27 bits per heavy atom. The number of rotatable bonds is 6. The minimum Gasteiger partial charge on any atom is -0.390 e. The van der Waals surface area contributed by atoms with Crippen LogP contribution in [0.25, 0.3) is 0 Å². The van der Waals surface area contributed by atoms with Crippen LogP contribution in [0.2, 0.25) is 0 Å². The average Bonchev–Trinajstić information content (AvgIpc) is 2.63. The molecule has 1 aromatic rings. The number of sulfonamides is 1. The second-order valence-corrected chi connectivity index (χ2v) is 8.67. The number of hydrogen-bond donors (Lipinski definition) is 1. The summed E-state index contributed by atoms with van der Waals surface area (Å²) in [6.07, 6.45) is -0.473. The summed E-state index contributed by atoms with van der Waals surface area (Å²) >= 11 is 0. The molecule has 2 aliphatic heterocycles. The van der Waals surface area contributed by atoms with E-state index in [0.717, 1.165) is 19.2 Å². The molecule has 0 saturated carbocycles. The van der Waals surface area contributed by atoms with Crippen molar-refractivity contribution in [3.05, 3.63) is 30.1 Å². The largest absolute Gasteiger partial charge is 0.390 e. The van der Waals surface area contributed by atoms with E-state index < -0.39 is 21.9 Å². The van der Waals surface area contributed by atoms with Crippen LogP contribution in [0.1, 0.15) is 0 Å². The Labute approximate surface area is 154 Å². The quantitative estimate of drug-likeness (QED) is 0.731. The van der Waals surface area contributed by atoms with Gasteiger partial charge >= 0.3 is 0 Å². The summed E-state index contributed by atoms with van der Waals surface area (Å²) in [5.74, 6) is -0.559. The van der Waals surface area contributed by atoms with Crippen molar-refractivity contribution in [2.45, 2.75) is 11.0 Å². The van der Waals surface area contributed by atoms with Gasteiger partial charge in [-0.25, -0.2) is 12.8 Å². The van der Waals surface area contributed by atoms with Gasteiger partial charge in [0.25, 0.3) is 0 Å². The highest BCUT2D eigenvalue weighted by molar-refractivity contribution is 7.89. The summed E-state index contributed by atoms with van der Waals surface area (Å²) in [6.45, 7) is 5.95. The van der Waals surface area contributed by atoms with Crippen LogP contribution in [0.4, 0.5) is 4.39 Å². The van der Waals surface area contributed by atoms with E-state index in [4.69, 9.17) is 4.74 Å². The lowest BCUT2D eigenvalue weighted by Gasteiger charge is -2.36. The van der Waals surface area contributed by atoms with E-state index in [1.54, 1.807) is 0 Å². The summed E-state index contributed by atoms with van der Waals surface area (Å²) in [7, 11) is -3.68. The molecular formula is C17H26FN3O4S. The van der Waals surface area contributed by atoms with Gasteiger partial charge in [0.15, 0.2) is 0 Å². The Hall–Kier alpha value is -1.10. The van der Waals surface area contributed by atoms with Gasteiger partial charge in [-0.1, -0.05) is 6.07 Å². The molecule has 0 aliphatic carbocycles. The van der Waals surface area contributed by atoms with Gasteiger partial charge in [-0.15, -0.1) is 0 Å². The fourth-order valence-electron chi connectivity index (χ4n) is 3.37. The van der Waals surface area contributed by atoms with Crippen LogP contribution in [0.3, 0.4) is 0 Å². The van der Waals surface area contributed by atoms with Gasteiger partial charge in [0.2, 0.25) is 10.0 Å². The molecule has 2 saturated heterocycles. The lowest BCUT2D eigenvalue weighted by molar-refractivity contribution is 0.00469. The van der Waals surface area contributed by atoms with Crippen LogP contribution in [-0.4, -0.2) is 99.3 Å². The third kappa shape index (κ3) is 4.99. The number of benzene rings is 1.